The molecular weight excluding hydrogens is 285 g/mol. The predicted molar refractivity (Wildman–Crippen MR) is 48.4 cm³/mol. The van der Waals surface area contributed by atoms with Gasteiger partial charge in [-0.15, -0.1) is 0 Å². The van der Waals surface area contributed by atoms with Crippen molar-refractivity contribution in [1.82, 2.24) is 0 Å². The maximum atomic E-state index is 2.00. The minimum atomic E-state index is 0. The molecule has 0 aliphatic heterocycles. The third-order valence-electron chi connectivity index (χ3n) is 0. The fraction of sp³-hybridized carbons (Fsp3) is 0.750. The average molecular weight is 305 g/mol. The summed E-state index contributed by atoms with van der Waals surface area (Å²) in [6.45, 7) is 12.0. The van der Waals surface area contributed by atoms with Crippen LogP contribution in [-0.4, -0.2) is 8.41 Å². The summed E-state index contributed by atoms with van der Waals surface area (Å²) in [6.07, 6.45) is 4.00. The first-order valence-corrected chi connectivity index (χ1v) is 3.31. The topological polar surface area (TPSA) is 0 Å². The predicted octanol–water partition coefficient (Wildman–Crippen LogP) is 3.10. The second-order valence-corrected chi connectivity index (χ2v) is 1.15. The van der Waals surface area contributed by atoms with Gasteiger partial charge < -0.3 is 12.8 Å². The summed E-state index contributed by atoms with van der Waals surface area (Å²) >= 11 is 0. The van der Waals surface area contributed by atoms with E-state index in [1.807, 2.05) is 54.4 Å². The Morgan fingerprint density at radius 3 is 0.636 bits per heavy atom. The van der Waals surface area contributed by atoms with Gasteiger partial charge in [0.15, 0.2) is 0 Å². The largest absolute Gasteiger partial charge is 0.335 e. The van der Waals surface area contributed by atoms with E-state index in [-0.39, 0.29) is 73.8 Å². The molecule has 11 heavy (non-hydrogen) atoms. The third kappa shape index (κ3) is 251. The van der Waals surface area contributed by atoms with Crippen molar-refractivity contribution in [2.45, 2.75) is 41.5 Å². The van der Waals surface area contributed by atoms with Gasteiger partial charge in [-0.1, -0.05) is 13.8 Å². The van der Waals surface area contributed by atoms with Gasteiger partial charge in [0.1, 0.15) is 0 Å². The Balaban J connectivity index is -0.00000000764. The number of hydrogen-bond donors (Lipinski definition) is 0. The molecule has 0 spiro atoms. The van der Waals surface area contributed by atoms with Crippen molar-refractivity contribution in [2.75, 3.05) is 0 Å². The Morgan fingerprint density at radius 2 is 0.636 bits per heavy atom. The summed E-state index contributed by atoms with van der Waals surface area (Å²) in [6, 6.07) is 0. The Morgan fingerprint density at radius 1 is 0.636 bits per heavy atom. The van der Waals surface area contributed by atoms with Gasteiger partial charge in [-0.25, -0.2) is 0 Å². The van der Waals surface area contributed by atoms with E-state index in [2.05, 4.69) is 0 Å². The molecular formula is C8H20BY2-2. The van der Waals surface area contributed by atoms with Gasteiger partial charge in [-0.3, -0.25) is 0 Å². The van der Waals surface area contributed by atoms with Crippen molar-refractivity contribution in [3.8, 4) is 0 Å². The number of rotatable bonds is 0. The molecule has 0 saturated heterocycles. The van der Waals surface area contributed by atoms with Crippen molar-refractivity contribution in [2.24, 2.45) is 0 Å². The van der Waals surface area contributed by atoms with Crippen LogP contribution < -0.4 is 0 Å². The first-order valence-electron chi connectivity index (χ1n) is 3.31. The van der Waals surface area contributed by atoms with Crippen LogP contribution in [0, 0.1) is 12.8 Å². The average Bonchev–Trinajstić information content (AvgIpc) is 1.75. The van der Waals surface area contributed by atoms with Gasteiger partial charge in [-0.05, 0) is 0 Å². The first kappa shape index (κ1) is 37.8. The van der Waals surface area contributed by atoms with Crippen LogP contribution in [0.4, 0.5) is 0 Å². The second-order valence-electron chi connectivity index (χ2n) is 1.15. The summed E-state index contributed by atoms with van der Waals surface area (Å²) < 4.78 is 0. The smallest absolute Gasteiger partial charge is 0 e. The summed E-state index contributed by atoms with van der Waals surface area (Å²) in [4.78, 5) is 0. The fourth-order valence-corrected chi connectivity index (χ4v) is 0. The van der Waals surface area contributed by atoms with Crippen LogP contribution in [0.3, 0.4) is 0 Å². The molecule has 0 amide bonds. The fourth-order valence-electron chi connectivity index (χ4n) is 0. The Kier molecular flexibility index (Phi) is 294. The van der Waals surface area contributed by atoms with Crippen molar-refractivity contribution < 1.29 is 65.4 Å². The normalized spacial score (nSPS) is 3.82. The van der Waals surface area contributed by atoms with Crippen molar-refractivity contribution in [3.63, 3.8) is 0 Å². The van der Waals surface area contributed by atoms with E-state index < -0.39 is 0 Å². The van der Waals surface area contributed by atoms with Crippen LogP contribution in [-0.2, 0) is 65.4 Å². The van der Waals surface area contributed by atoms with E-state index in [9.17, 15) is 0 Å². The molecule has 0 aromatic heterocycles. The summed E-state index contributed by atoms with van der Waals surface area (Å²) in [5, 5.41) is 0. The van der Waals surface area contributed by atoms with Crippen molar-refractivity contribution in [1.29, 1.82) is 0 Å². The van der Waals surface area contributed by atoms with E-state index in [4.69, 9.17) is 0 Å². The van der Waals surface area contributed by atoms with Crippen molar-refractivity contribution in [3.05, 3.63) is 12.8 Å². The molecule has 0 rings (SSSR count). The van der Waals surface area contributed by atoms with Gasteiger partial charge in [0, 0.05) is 73.8 Å². The quantitative estimate of drug-likeness (QED) is 0.476. The molecule has 0 aromatic rings. The van der Waals surface area contributed by atoms with Gasteiger partial charge in [0.25, 0.3) is 0 Å². The summed E-state index contributed by atoms with van der Waals surface area (Å²) in [5.41, 5.74) is 0. The maximum Gasteiger partial charge on any atom is 0 e. The van der Waals surface area contributed by atoms with E-state index in [1.54, 1.807) is 0 Å². The maximum absolute atomic E-state index is 2.00. The van der Waals surface area contributed by atoms with Gasteiger partial charge in [-0.2, -0.15) is 27.7 Å². The Labute approximate surface area is 126 Å². The molecule has 0 unspecified atom stereocenters. The minimum Gasteiger partial charge on any atom is -0.335 e. The monoisotopic (exact) mass is 305 g/mol. The molecule has 0 atom stereocenters. The summed E-state index contributed by atoms with van der Waals surface area (Å²) in [7, 11) is 0. The van der Waals surface area contributed by atoms with Crippen LogP contribution in [0.5, 0.6) is 0 Å². The summed E-state index contributed by atoms with van der Waals surface area (Å²) in [5.74, 6) is 0. The van der Waals surface area contributed by atoms with E-state index in [0.717, 1.165) is 0 Å². The van der Waals surface area contributed by atoms with Crippen LogP contribution in [0.15, 0.2) is 0 Å². The SMILES string of the molecule is CC.C[CH-]C.C[CH-]C.[B].[Y].[Y]. The molecule has 63 valence electrons. The molecule has 0 fully saturated rings. The molecule has 0 aromatic carbocycles. The molecule has 0 saturated carbocycles. The zero-order valence-corrected chi connectivity index (χ0v) is 14.6. The van der Waals surface area contributed by atoms with Gasteiger partial charge in [0.05, 0.1) is 0 Å². The Hall–Kier alpha value is 2.27. The first-order chi connectivity index (χ1) is 3.83. The van der Waals surface area contributed by atoms with Crippen molar-refractivity contribution >= 4 is 8.41 Å². The van der Waals surface area contributed by atoms with Gasteiger partial charge >= 0.3 is 0 Å². The molecule has 0 heterocycles. The van der Waals surface area contributed by atoms with E-state index in [0.29, 0.717) is 0 Å². The second kappa shape index (κ2) is 85.4. The molecule has 3 heteroatoms. The van der Waals surface area contributed by atoms with Crippen LogP contribution in [0.1, 0.15) is 41.5 Å². The number of hydrogen-bond acceptors (Lipinski definition) is 0. The molecule has 0 bridgehead atoms. The molecule has 0 N–H and O–H groups in total. The Bertz CT molecular complexity index is 14.1. The zero-order chi connectivity index (χ0) is 7.41. The minimum absolute atomic E-state index is 0. The standard InChI is InChI=1S/2C3H7.C2H6.B.2Y/c2*1-3-2;1-2;;;/h2*3H,1-2H3;1-2H3;;;/q2*-1;;;;. The van der Waals surface area contributed by atoms with Crippen LogP contribution >= 0.6 is 0 Å². The van der Waals surface area contributed by atoms with Gasteiger partial charge in [0.2, 0.25) is 0 Å². The third-order valence-corrected chi connectivity index (χ3v) is 0. The molecule has 0 aliphatic rings. The van der Waals surface area contributed by atoms with Crippen LogP contribution in [0.2, 0.25) is 0 Å². The molecule has 0 aliphatic carbocycles. The van der Waals surface area contributed by atoms with E-state index in [1.165, 1.54) is 0 Å². The zero-order valence-electron chi connectivity index (χ0n) is 8.89. The molecule has 5 radical (unpaired) electrons. The van der Waals surface area contributed by atoms with Crippen LogP contribution in [0.25, 0.3) is 0 Å². The van der Waals surface area contributed by atoms with E-state index >= 15 is 0 Å². The molecule has 0 nitrogen and oxygen atoms in total.